The second kappa shape index (κ2) is 4.49. The van der Waals surface area contributed by atoms with Crippen LogP contribution in [0.4, 0.5) is 5.69 Å². The monoisotopic (exact) mass is 232 g/mol. The fourth-order valence-corrected chi connectivity index (χ4v) is 2.66. The molecule has 0 aromatic heterocycles. The molecule has 0 bridgehead atoms. The van der Waals surface area contributed by atoms with E-state index in [1.807, 2.05) is 11.8 Å². The second-order valence-electron chi connectivity index (χ2n) is 5.09. The minimum absolute atomic E-state index is 0.121. The van der Waals surface area contributed by atoms with Crippen LogP contribution in [0.1, 0.15) is 31.9 Å². The zero-order valence-electron chi connectivity index (χ0n) is 10.7. The van der Waals surface area contributed by atoms with Crippen molar-refractivity contribution in [2.45, 2.75) is 45.7 Å². The van der Waals surface area contributed by atoms with E-state index in [1.54, 1.807) is 6.92 Å². The first kappa shape index (κ1) is 12.1. The van der Waals surface area contributed by atoms with Gasteiger partial charge in [0.25, 0.3) is 0 Å². The molecular formula is C14H20N2O. The van der Waals surface area contributed by atoms with E-state index in [0.717, 1.165) is 18.5 Å². The first-order valence-electron chi connectivity index (χ1n) is 6.16. The lowest BCUT2D eigenvalue weighted by atomic mass is 10.0. The highest BCUT2D eigenvalue weighted by Gasteiger charge is 2.28. The van der Waals surface area contributed by atoms with E-state index >= 15 is 0 Å². The normalized spacial score (nSPS) is 20.2. The van der Waals surface area contributed by atoms with Crippen LogP contribution in [-0.2, 0) is 17.6 Å². The SMILES string of the molecule is CC(=O)N1c2ccc(CC(C)N)cc2CC1C. The number of carbonyl (C=O) groups is 1. The van der Waals surface area contributed by atoms with Crippen molar-refractivity contribution in [1.82, 2.24) is 0 Å². The third kappa shape index (κ3) is 2.34. The Morgan fingerprint density at radius 2 is 2.29 bits per heavy atom. The summed E-state index contributed by atoms with van der Waals surface area (Å²) >= 11 is 0. The van der Waals surface area contributed by atoms with Crippen molar-refractivity contribution in [1.29, 1.82) is 0 Å². The number of rotatable bonds is 2. The molecule has 0 aliphatic carbocycles. The molecule has 17 heavy (non-hydrogen) atoms. The first-order chi connectivity index (χ1) is 7.99. The maximum absolute atomic E-state index is 11.6. The Labute approximate surface area is 103 Å². The number of fused-ring (bicyclic) bond motifs is 1. The minimum atomic E-state index is 0.121. The number of benzene rings is 1. The van der Waals surface area contributed by atoms with Crippen molar-refractivity contribution in [2.24, 2.45) is 5.73 Å². The highest BCUT2D eigenvalue weighted by molar-refractivity contribution is 5.94. The fourth-order valence-electron chi connectivity index (χ4n) is 2.66. The van der Waals surface area contributed by atoms with Gasteiger partial charge in [-0.05, 0) is 43.9 Å². The molecule has 1 aliphatic heterocycles. The lowest BCUT2D eigenvalue weighted by molar-refractivity contribution is -0.116. The molecule has 0 radical (unpaired) electrons. The molecule has 0 spiro atoms. The van der Waals surface area contributed by atoms with Gasteiger partial charge in [0.1, 0.15) is 0 Å². The Morgan fingerprint density at radius 1 is 1.59 bits per heavy atom. The molecule has 1 amide bonds. The van der Waals surface area contributed by atoms with Gasteiger partial charge in [0, 0.05) is 24.7 Å². The highest BCUT2D eigenvalue weighted by atomic mass is 16.2. The van der Waals surface area contributed by atoms with Gasteiger partial charge in [-0.2, -0.15) is 0 Å². The molecule has 2 atom stereocenters. The van der Waals surface area contributed by atoms with E-state index in [4.69, 9.17) is 5.73 Å². The summed E-state index contributed by atoms with van der Waals surface area (Å²) in [6, 6.07) is 6.77. The average molecular weight is 232 g/mol. The lowest BCUT2D eigenvalue weighted by Crippen LogP contribution is -2.33. The number of nitrogens with two attached hydrogens (primary N) is 1. The Hall–Kier alpha value is -1.35. The molecule has 1 aliphatic rings. The van der Waals surface area contributed by atoms with Crippen molar-refractivity contribution < 1.29 is 4.79 Å². The number of nitrogens with zero attached hydrogens (tertiary/aromatic N) is 1. The Balaban J connectivity index is 2.31. The molecule has 0 fully saturated rings. The molecule has 2 rings (SSSR count). The van der Waals surface area contributed by atoms with Gasteiger partial charge >= 0.3 is 0 Å². The topological polar surface area (TPSA) is 46.3 Å². The largest absolute Gasteiger partial charge is 0.328 e. The third-order valence-electron chi connectivity index (χ3n) is 3.26. The molecule has 2 unspecified atom stereocenters. The number of hydrogen-bond donors (Lipinski definition) is 1. The molecule has 1 aromatic carbocycles. The Morgan fingerprint density at radius 3 is 2.88 bits per heavy atom. The van der Waals surface area contributed by atoms with Gasteiger partial charge in [0.15, 0.2) is 0 Å². The molecule has 0 saturated heterocycles. The van der Waals surface area contributed by atoms with Gasteiger partial charge in [-0.25, -0.2) is 0 Å². The lowest BCUT2D eigenvalue weighted by Gasteiger charge is -2.20. The van der Waals surface area contributed by atoms with Crippen molar-refractivity contribution in [3.8, 4) is 0 Å². The van der Waals surface area contributed by atoms with Gasteiger partial charge in [-0.3, -0.25) is 4.79 Å². The number of carbonyl (C=O) groups excluding carboxylic acids is 1. The van der Waals surface area contributed by atoms with Crippen molar-refractivity contribution in [2.75, 3.05) is 4.90 Å². The summed E-state index contributed by atoms with van der Waals surface area (Å²) in [6.45, 7) is 5.73. The van der Waals surface area contributed by atoms with Crippen LogP contribution in [0.5, 0.6) is 0 Å². The van der Waals surface area contributed by atoms with E-state index in [9.17, 15) is 4.79 Å². The fraction of sp³-hybridized carbons (Fsp3) is 0.500. The van der Waals surface area contributed by atoms with Gasteiger partial charge in [0.05, 0.1) is 0 Å². The molecule has 1 aromatic rings. The summed E-state index contributed by atoms with van der Waals surface area (Å²) in [5.74, 6) is 0.121. The zero-order chi connectivity index (χ0) is 12.6. The Bertz CT molecular complexity index is 440. The van der Waals surface area contributed by atoms with Crippen LogP contribution in [0.25, 0.3) is 0 Å². The van der Waals surface area contributed by atoms with E-state index in [-0.39, 0.29) is 18.0 Å². The smallest absolute Gasteiger partial charge is 0.224 e. The van der Waals surface area contributed by atoms with Crippen LogP contribution in [0.2, 0.25) is 0 Å². The van der Waals surface area contributed by atoms with Crippen LogP contribution in [0, 0.1) is 0 Å². The predicted octanol–water partition coefficient (Wildman–Crippen LogP) is 1.87. The number of amides is 1. The molecule has 3 heteroatoms. The van der Waals surface area contributed by atoms with Crippen LogP contribution in [0.15, 0.2) is 18.2 Å². The van der Waals surface area contributed by atoms with Crippen molar-refractivity contribution >= 4 is 11.6 Å². The molecule has 2 N–H and O–H groups in total. The maximum Gasteiger partial charge on any atom is 0.224 e. The van der Waals surface area contributed by atoms with Crippen LogP contribution >= 0.6 is 0 Å². The molecule has 92 valence electrons. The summed E-state index contributed by atoms with van der Waals surface area (Å²) in [4.78, 5) is 13.5. The van der Waals surface area contributed by atoms with E-state index in [1.165, 1.54) is 11.1 Å². The third-order valence-corrected chi connectivity index (χ3v) is 3.26. The standard InChI is InChI=1S/C14H20N2O/c1-9(15)6-12-4-5-14-13(8-12)7-10(2)16(14)11(3)17/h4-5,8-10H,6-7,15H2,1-3H3. The van der Waals surface area contributed by atoms with Crippen LogP contribution < -0.4 is 10.6 Å². The Kier molecular flexibility index (Phi) is 3.20. The van der Waals surface area contributed by atoms with Gasteiger partial charge in [-0.1, -0.05) is 12.1 Å². The van der Waals surface area contributed by atoms with E-state index in [0.29, 0.717) is 0 Å². The summed E-state index contributed by atoms with van der Waals surface area (Å²) < 4.78 is 0. The summed E-state index contributed by atoms with van der Waals surface area (Å²) in [5.41, 5.74) is 9.41. The number of anilines is 1. The average Bonchev–Trinajstić information content (AvgIpc) is 2.51. The van der Waals surface area contributed by atoms with E-state index < -0.39 is 0 Å². The quantitative estimate of drug-likeness (QED) is 0.846. The summed E-state index contributed by atoms with van der Waals surface area (Å²) in [5, 5.41) is 0. The summed E-state index contributed by atoms with van der Waals surface area (Å²) in [7, 11) is 0. The summed E-state index contributed by atoms with van der Waals surface area (Å²) in [6.07, 6.45) is 1.84. The molecular weight excluding hydrogens is 212 g/mol. The van der Waals surface area contributed by atoms with Gasteiger partial charge in [0.2, 0.25) is 5.91 Å². The number of hydrogen-bond acceptors (Lipinski definition) is 2. The van der Waals surface area contributed by atoms with Crippen molar-refractivity contribution in [3.05, 3.63) is 29.3 Å². The maximum atomic E-state index is 11.6. The second-order valence-corrected chi connectivity index (χ2v) is 5.09. The molecule has 3 nitrogen and oxygen atoms in total. The predicted molar refractivity (Wildman–Crippen MR) is 70.1 cm³/mol. The van der Waals surface area contributed by atoms with Gasteiger partial charge < -0.3 is 10.6 Å². The van der Waals surface area contributed by atoms with Gasteiger partial charge in [-0.15, -0.1) is 0 Å². The molecule has 0 saturated carbocycles. The molecule has 1 heterocycles. The van der Waals surface area contributed by atoms with Crippen LogP contribution in [-0.4, -0.2) is 18.0 Å². The van der Waals surface area contributed by atoms with Crippen LogP contribution in [0.3, 0.4) is 0 Å². The highest BCUT2D eigenvalue weighted by Crippen LogP contribution is 2.33. The minimum Gasteiger partial charge on any atom is -0.328 e. The zero-order valence-corrected chi connectivity index (χ0v) is 10.7. The first-order valence-corrected chi connectivity index (χ1v) is 6.16. The van der Waals surface area contributed by atoms with Crippen molar-refractivity contribution in [3.63, 3.8) is 0 Å². The van der Waals surface area contributed by atoms with E-state index in [2.05, 4.69) is 25.1 Å².